The van der Waals surface area contributed by atoms with E-state index in [-0.39, 0.29) is 10.8 Å². The van der Waals surface area contributed by atoms with Crippen molar-refractivity contribution >= 4 is 33.2 Å². The molecule has 1 N–H and O–H groups in total. The van der Waals surface area contributed by atoms with Crippen LogP contribution in [-0.2, 0) is 27.8 Å². The molecule has 1 aliphatic rings. The number of hydrogen-bond acceptors (Lipinski definition) is 3. The van der Waals surface area contributed by atoms with Crippen LogP contribution in [0.3, 0.4) is 0 Å². The Kier molecular flexibility index (Phi) is 4.75. The number of fused-ring (bicyclic) bond motifs is 1. The summed E-state index contributed by atoms with van der Waals surface area (Å²) in [5.41, 5.74) is 3.39. The number of nitrogens with zero attached hydrogens (tertiary/aromatic N) is 1. The number of amides is 1. The highest BCUT2D eigenvalue weighted by Crippen LogP contribution is 2.26. The summed E-state index contributed by atoms with van der Waals surface area (Å²) in [6.45, 7) is 4.54. The lowest BCUT2D eigenvalue weighted by Crippen LogP contribution is -2.34. The maximum Gasteiger partial charge on any atom is 0.261 e. The second-order valence-corrected chi connectivity index (χ2v) is 8.28. The van der Waals surface area contributed by atoms with Gasteiger partial charge in [0, 0.05) is 30.7 Å². The molecular weight excluding hydrogens is 360 g/mol. The number of nitrogens with one attached hydrogen (secondary N) is 1. The minimum atomic E-state index is -3.72. The molecule has 132 valence electrons. The highest BCUT2D eigenvalue weighted by Gasteiger charge is 2.20. The molecule has 0 fully saturated rings. The molecule has 0 unspecified atom stereocenters. The Labute approximate surface area is 152 Å². The van der Waals surface area contributed by atoms with Crippen molar-refractivity contribution in [2.45, 2.75) is 31.7 Å². The Morgan fingerprint density at radius 3 is 2.60 bits per heavy atom. The van der Waals surface area contributed by atoms with Gasteiger partial charge >= 0.3 is 0 Å². The molecule has 0 aliphatic carbocycles. The molecule has 0 saturated heterocycles. The molecule has 25 heavy (non-hydrogen) atoms. The van der Waals surface area contributed by atoms with Crippen molar-refractivity contribution in [3.8, 4) is 0 Å². The first-order valence-corrected chi connectivity index (χ1v) is 9.79. The predicted octanol–water partition coefficient (Wildman–Crippen LogP) is 3.35. The smallest absolute Gasteiger partial charge is 0.261 e. The van der Waals surface area contributed by atoms with Crippen molar-refractivity contribution in [2.24, 2.45) is 0 Å². The van der Waals surface area contributed by atoms with Gasteiger partial charge in [-0.1, -0.05) is 23.7 Å². The van der Waals surface area contributed by atoms with Crippen LogP contribution in [-0.4, -0.2) is 25.8 Å². The Hall–Kier alpha value is -2.05. The number of rotatable bonds is 3. The van der Waals surface area contributed by atoms with Crippen LogP contribution in [0.2, 0.25) is 5.02 Å². The van der Waals surface area contributed by atoms with Gasteiger partial charge in [-0.15, -0.1) is 0 Å². The molecule has 1 aliphatic heterocycles. The van der Waals surface area contributed by atoms with Crippen molar-refractivity contribution in [2.75, 3.05) is 11.3 Å². The van der Waals surface area contributed by atoms with Gasteiger partial charge in [-0.3, -0.25) is 9.52 Å². The minimum Gasteiger partial charge on any atom is -0.338 e. The molecule has 3 rings (SSSR count). The van der Waals surface area contributed by atoms with E-state index >= 15 is 0 Å². The van der Waals surface area contributed by atoms with Crippen LogP contribution in [0.5, 0.6) is 0 Å². The maximum absolute atomic E-state index is 12.6. The van der Waals surface area contributed by atoms with Gasteiger partial charge in [-0.05, 0) is 54.3 Å². The van der Waals surface area contributed by atoms with E-state index in [1.165, 1.54) is 12.1 Å². The topological polar surface area (TPSA) is 66.5 Å². The van der Waals surface area contributed by atoms with E-state index in [1.54, 1.807) is 30.0 Å². The van der Waals surface area contributed by atoms with E-state index < -0.39 is 10.0 Å². The lowest BCUT2D eigenvalue weighted by Gasteiger charge is -2.28. The fraction of sp³-hybridized carbons (Fsp3) is 0.278. The normalized spacial score (nSPS) is 14.1. The molecule has 0 aromatic heterocycles. The van der Waals surface area contributed by atoms with E-state index in [0.29, 0.717) is 23.8 Å². The molecule has 0 atom stereocenters. The number of hydrogen-bond donors (Lipinski definition) is 1. The van der Waals surface area contributed by atoms with Crippen LogP contribution < -0.4 is 4.72 Å². The first-order valence-electron chi connectivity index (χ1n) is 7.92. The SMILES string of the molecule is CC(=O)N1CCc2ccc(NS(=O)(=O)c3ccc(C)c(Cl)c3)cc2C1. The Morgan fingerprint density at radius 1 is 1.16 bits per heavy atom. The van der Waals surface area contributed by atoms with Gasteiger partial charge in [-0.2, -0.15) is 0 Å². The zero-order chi connectivity index (χ0) is 18.2. The monoisotopic (exact) mass is 378 g/mol. The largest absolute Gasteiger partial charge is 0.338 e. The summed E-state index contributed by atoms with van der Waals surface area (Å²) in [5, 5.41) is 0.408. The third kappa shape index (κ3) is 3.80. The van der Waals surface area contributed by atoms with Crippen molar-refractivity contribution < 1.29 is 13.2 Å². The maximum atomic E-state index is 12.6. The van der Waals surface area contributed by atoms with Crippen molar-refractivity contribution in [1.82, 2.24) is 4.90 Å². The van der Waals surface area contributed by atoms with Crippen LogP contribution in [0, 0.1) is 6.92 Å². The molecule has 0 radical (unpaired) electrons. The molecule has 2 aromatic rings. The number of halogens is 1. The third-order valence-corrected chi connectivity index (χ3v) is 6.16. The summed E-state index contributed by atoms with van der Waals surface area (Å²) < 4.78 is 27.7. The van der Waals surface area contributed by atoms with Crippen molar-refractivity contribution in [3.63, 3.8) is 0 Å². The molecule has 0 saturated carbocycles. The van der Waals surface area contributed by atoms with Gasteiger partial charge in [-0.25, -0.2) is 8.42 Å². The molecule has 0 bridgehead atoms. The van der Waals surface area contributed by atoms with Gasteiger partial charge in [0.05, 0.1) is 4.90 Å². The average molecular weight is 379 g/mol. The zero-order valence-electron chi connectivity index (χ0n) is 14.0. The van der Waals surface area contributed by atoms with E-state index in [1.807, 2.05) is 13.0 Å². The van der Waals surface area contributed by atoms with Gasteiger partial charge in [0.25, 0.3) is 10.0 Å². The highest BCUT2D eigenvalue weighted by molar-refractivity contribution is 7.92. The molecule has 0 spiro atoms. The van der Waals surface area contributed by atoms with Crippen LogP contribution in [0.4, 0.5) is 5.69 Å². The van der Waals surface area contributed by atoms with E-state index in [0.717, 1.165) is 23.1 Å². The standard InChI is InChI=1S/C18H19ClN2O3S/c1-12-3-6-17(10-18(12)19)25(23,24)20-16-5-4-14-7-8-21(13(2)22)11-15(14)9-16/h3-6,9-10,20H,7-8,11H2,1-2H3. The summed E-state index contributed by atoms with van der Waals surface area (Å²) >= 11 is 6.03. The summed E-state index contributed by atoms with van der Waals surface area (Å²) in [6, 6.07) is 10.1. The summed E-state index contributed by atoms with van der Waals surface area (Å²) in [4.78, 5) is 13.4. The van der Waals surface area contributed by atoms with Crippen LogP contribution >= 0.6 is 11.6 Å². The highest BCUT2D eigenvalue weighted by atomic mass is 35.5. The quantitative estimate of drug-likeness (QED) is 0.890. The molecule has 1 amide bonds. The van der Waals surface area contributed by atoms with Crippen molar-refractivity contribution in [1.29, 1.82) is 0 Å². The molecule has 7 heteroatoms. The fourth-order valence-electron chi connectivity index (χ4n) is 2.84. The second kappa shape index (κ2) is 6.69. The van der Waals surface area contributed by atoms with Crippen LogP contribution in [0.25, 0.3) is 0 Å². The van der Waals surface area contributed by atoms with Gasteiger partial charge in [0.1, 0.15) is 0 Å². The molecule has 1 heterocycles. The van der Waals surface area contributed by atoms with Gasteiger partial charge in [0.2, 0.25) is 5.91 Å². The van der Waals surface area contributed by atoms with Crippen LogP contribution in [0.1, 0.15) is 23.6 Å². The lowest BCUT2D eigenvalue weighted by molar-refractivity contribution is -0.129. The molecule has 2 aromatic carbocycles. The van der Waals surface area contributed by atoms with Gasteiger partial charge < -0.3 is 4.90 Å². The van der Waals surface area contributed by atoms with Crippen LogP contribution in [0.15, 0.2) is 41.3 Å². The van der Waals surface area contributed by atoms with E-state index in [9.17, 15) is 13.2 Å². The third-order valence-electron chi connectivity index (χ3n) is 4.37. The Bertz CT molecular complexity index is 941. The molecule has 5 nitrogen and oxygen atoms in total. The zero-order valence-corrected chi connectivity index (χ0v) is 15.6. The number of benzene rings is 2. The Balaban J connectivity index is 1.87. The number of carbonyl (C=O) groups excluding carboxylic acids is 1. The molecular formula is C18H19ClN2O3S. The first kappa shape index (κ1) is 17.8. The average Bonchev–Trinajstić information content (AvgIpc) is 2.56. The van der Waals surface area contributed by atoms with E-state index in [2.05, 4.69) is 4.72 Å². The number of aryl methyl sites for hydroxylation is 1. The van der Waals surface area contributed by atoms with E-state index in [4.69, 9.17) is 11.6 Å². The summed E-state index contributed by atoms with van der Waals surface area (Å²) in [7, 11) is -3.72. The lowest BCUT2D eigenvalue weighted by atomic mass is 9.99. The fourth-order valence-corrected chi connectivity index (χ4v) is 4.16. The number of carbonyl (C=O) groups is 1. The Morgan fingerprint density at radius 2 is 1.92 bits per heavy atom. The minimum absolute atomic E-state index is 0.0194. The second-order valence-electron chi connectivity index (χ2n) is 6.19. The number of sulfonamides is 1. The summed E-state index contributed by atoms with van der Waals surface area (Å²) in [5.74, 6) is 0.0194. The van der Waals surface area contributed by atoms with Crippen molar-refractivity contribution in [3.05, 3.63) is 58.1 Å². The first-order chi connectivity index (χ1) is 11.8. The number of anilines is 1. The predicted molar refractivity (Wildman–Crippen MR) is 98.2 cm³/mol. The van der Waals surface area contributed by atoms with Gasteiger partial charge in [0.15, 0.2) is 0 Å². The summed E-state index contributed by atoms with van der Waals surface area (Å²) in [6.07, 6.45) is 0.773.